The molecule has 118 valence electrons. The minimum atomic E-state index is -0.355. The first-order valence-electron chi connectivity index (χ1n) is 7.62. The molecule has 4 nitrogen and oxygen atoms in total. The Bertz CT molecular complexity index is 875. The van der Waals surface area contributed by atoms with Crippen LogP contribution in [0, 0.1) is 0 Å². The van der Waals surface area contributed by atoms with E-state index in [4.69, 9.17) is 9.47 Å². The van der Waals surface area contributed by atoms with Gasteiger partial charge in [-0.25, -0.2) is 4.79 Å². The molecule has 0 saturated heterocycles. The normalized spacial score (nSPS) is 12.0. The molecule has 4 heteroatoms. The van der Waals surface area contributed by atoms with E-state index in [2.05, 4.69) is 4.90 Å². The fourth-order valence-electron chi connectivity index (χ4n) is 2.87. The lowest BCUT2D eigenvalue weighted by Crippen LogP contribution is -2.16. The Morgan fingerprint density at radius 2 is 1.50 bits per heavy atom. The Morgan fingerprint density at radius 3 is 2.12 bits per heavy atom. The number of hydrogen-bond donors (Lipinski definition) is 0. The fourth-order valence-corrected chi connectivity index (χ4v) is 2.87. The molecule has 0 radical (unpaired) electrons. The molecule has 0 bridgehead atoms. The minimum Gasteiger partial charge on any atom is -0.465 e. The highest BCUT2D eigenvalue weighted by Gasteiger charge is 2.25. The molecule has 4 rings (SSSR count). The van der Waals surface area contributed by atoms with Crippen molar-refractivity contribution in [2.45, 2.75) is 0 Å². The number of benzene rings is 3. The van der Waals surface area contributed by atoms with Crippen molar-refractivity contribution in [2.24, 2.45) is 0 Å². The van der Waals surface area contributed by atoms with Gasteiger partial charge in [0.05, 0.1) is 24.0 Å². The molecule has 0 aliphatic carbocycles. The number of esters is 1. The van der Waals surface area contributed by atoms with E-state index in [1.165, 1.54) is 7.11 Å². The molecular weight excluding hydrogens is 302 g/mol. The van der Waals surface area contributed by atoms with E-state index in [1.54, 1.807) is 6.07 Å². The third-order valence-electron chi connectivity index (χ3n) is 3.96. The first-order chi connectivity index (χ1) is 11.8. The van der Waals surface area contributed by atoms with Crippen molar-refractivity contribution in [1.29, 1.82) is 0 Å². The van der Waals surface area contributed by atoms with Crippen molar-refractivity contribution in [3.63, 3.8) is 0 Å². The van der Waals surface area contributed by atoms with Gasteiger partial charge in [0.1, 0.15) is 0 Å². The van der Waals surface area contributed by atoms with Gasteiger partial charge < -0.3 is 14.4 Å². The number of fused-ring (bicyclic) bond motifs is 2. The molecule has 3 aromatic rings. The van der Waals surface area contributed by atoms with Crippen LogP contribution in [0.3, 0.4) is 0 Å². The van der Waals surface area contributed by atoms with Crippen LogP contribution < -0.4 is 9.64 Å². The summed E-state index contributed by atoms with van der Waals surface area (Å²) in [6.45, 7) is 0. The zero-order valence-electron chi connectivity index (χ0n) is 13.1. The second-order valence-electron chi connectivity index (χ2n) is 5.41. The van der Waals surface area contributed by atoms with E-state index in [0.29, 0.717) is 5.56 Å². The van der Waals surface area contributed by atoms with Crippen molar-refractivity contribution in [3.8, 4) is 11.5 Å². The third kappa shape index (κ3) is 2.29. The largest absolute Gasteiger partial charge is 0.465 e. The number of anilines is 3. The predicted molar refractivity (Wildman–Crippen MR) is 92.5 cm³/mol. The van der Waals surface area contributed by atoms with Crippen LogP contribution in [-0.4, -0.2) is 13.1 Å². The Morgan fingerprint density at radius 1 is 0.875 bits per heavy atom. The summed E-state index contributed by atoms with van der Waals surface area (Å²) in [7, 11) is 1.38. The van der Waals surface area contributed by atoms with E-state index < -0.39 is 0 Å². The molecule has 1 aliphatic rings. The molecule has 3 aromatic carbocycles. The monoisotopic (exact) mass is 317 g/mol. The Kier molecular flexibility index (Phi) is 3.43. The van der Waals surface area contributed by atoms with Gasteiger partial charge in [-0.15, -0.1) is 0 Å². The molecule has 0 spiro atoms. The molecule has 1 heterocycles. The fraction of sp³-hybridized carbons (Fsp3) is 0.0500. The SMILES string of the molecule is COC(=O)c1cccc(N2c3ccccc3Oc3ccccc32)c1. The summed E-state index contributed by atoms with van der Waals surface area (Å²) in [4.78, 5) is 14.0. The maximum atomic E-state index is 11.9. The molecule has 0 fully saturated rings. The van der Waals surface area contributed by atoms with E-state index >= 15 is 0 Å². The van der Waals surface area contributed by atoms with Gasteiger partial charge in [-0.05, 0) is 42.5 Å². The van der Waals surface area contributed by atoms with Crippen molar-refractivity contribution < 1.29 is 14.3 Å². The summed E-state index contributed by atoms with van der Waals surface area (Å²) in [5.74, 6) is 1.20. The highest BCUT2D eigenvalue weighted by Crippen LogP contribution is 2.49. The molecule has 0 unspecified atom stereocenters. The zero-order chi connectivity index (χ0) is 16.5. The first kappa shape index (κ1) is 14.3. The summed E-state index contributed by atoms with van der Waals surface area (Å²) in [6, 6.07) is 23.1. The minimum absolute atomic E-state index is 0.355. The molecule has 1 aliphatic heterocycles. The van der Waals surface area contributed by atoms with Crippen LogP contribution in [0.1, 0.15) is 10.4 Å². The quantitative estimate of drug-likeness (QED) is 0.485. The highest BCUT2D eigenvalue weighted by atomic mass is 16.5. The average molecular weight is 317 g/mol. The molecule has 0 N–H and O–H groups in total. The topological polar surface area (TPSA) is 38.8 Å². The van der Waals surface area contributed by atoms with Gasteiger partial charge in [0.2, 0.25) is 0 Å². The summed E-state index contributed by atoms with van der Waals surface area (Å²) < 4.78 is 10.8. The second kappa shape index (κ2) is 5.74. The maximum Gasteiger partial charge on any atom is 0.337 e. The summed E-state index contributed by atoms with van der Waals surface area (Å²) >= 11 is 0. The van der Waals surface area contributed by atoms with Crippen LogP contribution >= 0.6 is 0 Å². The standard InChI is InChI=1S/C20H15NO3/c1-23-20(22)14-7-6-8-15(13-14)21-16-9-2-4-11-18(16)24-19-12-5-3-10-17(19)21/h2-13H,1H3. The molecule has 0 saturated carbocycles. The first-order valence-corrected chi connectivity index (χ1v) is 7.62. The molecular formula is C20H15NO3. The lowest BCUT2D eigenvalue weighted by molar-refractivity contribution is 0.0601. The highest BCUT2D eigenvalue weighted by molar-refractivity contribution is 5.93. The van der Waals surface area contributed by atoms with Crippen molar-refractivity contribution in [1.82, 2.24) is 0 Å². The van der Waals surface area contributed by atoms with Crippen molar-refractivity contribution in [2.75, 3.05) is 12.0 Å². The lowest BCUT2D eigenvalue weighted by Gasteiger charge is -2.32. The van der Waals surface area contributed by atoms with Crippen LogP contribution in [-0.2, 0) is 4.74 Å². The van der Waals surface area contributed by atoms with Crippen LogP contribution in [0.4, 0.5) is 17.1 Å². The van der Waals surface area contributed by atoms with Gasteiger partial charge in [0.25, 0.3) is 0 Å². The Balaban J connectivity index is 1.91. The number of nitrogens with zero attached hydrogens (tertiary/aromatic N) is 1. The zero-order valence-corrected chi connectivity index (χ0v) is 13.1. The number of carbonyl (C=O) groups excluding carboxylic acids is 1. The number of para-hydroxylation sites is 4. The van der Waals surface area contributed by atoms with E-state index in [0.717, 1.165) is 28.6 Å². The molecule has 0 atom stereocenters. The average Bonchev–Trinajstić information content (AvgIpc) is 2.65. The van der Waals surface area contributed by atoms with Gasteiger partial charge in [-0.3, -0.25) is 0 Å². The van der Waals surface area contributed by atoms with Crippen LogP contribution in [0.2, 0.25) is 0 Å². The second-order valence-corrected chi connectivity index (χ2v) is 5.41. The molecule has 24 heavy (non-hydrogen) atoms. The van der Waals surface area contributed by atoms with Crippen LogP contribution in [0.5, 0.6) is 11.5 Å². The van der Waals surface area contributed by atoms with Crippen molar-refractivity contribution >= 4 is 23.0 Å². The van der Waals surface area contributed by atoms with Gasteiger partial charge in [-0.2, -0.15) is 0 Å². The predicted octanol–water partition coefficient (Wildman–Crippen LogP) is 5.05. The Labute approximate surface area is 139 Å². The lowest BCUT2D eigenvalue weighted by atomic mass is 10.1. The Hall–Kier alpha value is -3.27. The van der Waals surface area contributed by atoms with Gasteiger partial charge >= 0.3 is 5.97 Å². The maximum absolute atomic E-state index is 11.9. The number of hydrogen-bond acceptors (Lipinski definition) is 4. The van der Waals surface area contributed by atoms with Gasteiger partial charge in [-0.1, -0.05) is 30.3 Å². The number of methoxy groups -OCH3 is 1. The van der Waals surface area contributed by atoms with E-state index in [-0.39, 0.29) is 5.97 Å². The summed E-state index contributed by atoms with van der Waals surface area (Å²) in [6.07, 6.45) is 0. The molecule has 0 amide bonds. The third-order valence-corrected chi connectivity index (χ3v) is 3.96. The van der Waals surface area contributed by atoms with Crippen molar-refractivity contribution in [3.05, 3.63) is 78.4 Å². The number of rotatable bonds is 2. The van der Waals surface area contributed by atoms with E-state index in [9.17, 15) is 4.79 Å². The van der Waals surface area contributed by atoms with Crippen LogP contribution in [0.25, 0.3) is 0 Å². The van der Waals surface area contributed by atoms with Gasteiger partial charge in [0, 0.05) is 5.69 Å². The van der Waals surface area contributed by atoms with Crippen LogP contribution in [0.15, 0.2) is 72.8 Å². The van der Waals surface area contributed by atoms with E-state index in [1.807, 2.05) is 66.7 Å². The summed E-state index contributed by atoms with van der Waals surface area (Å²) in [5, 5.41) is 0. The number of ether oxygens (including phenoxy) is 2. The number of carbonyl (C=O) groups is 1. The van der Waals surface area contributed by atoms with Gasteiger partial charge in [0.15, 0.2) is 11.5 Å². The smallest absolute Gasteiger partial charge is 0.337 e. The molecule has 0 aromatic heterocycles. The summed E-state index contributed by atoms with van der Waals surface area (Å²) in [5.41, 5.74) is 3.24.